The maximum atomic E-state index is 12.5. The predicted molar refractivity (Wildman–Crippen MR) is 99.9 cm³/mol. The van der Waals surface area contributed by atoms with E-state index in [0.717, 1.165) is 0 Å². The molecule has 2 aromatic heterocycles. The smallest absolute Gasteiger partial charge is 0.349 e. The lowest BCUT2D eigenvalue weighted by Gasteiger charge is -2.25. The third kappa shape index (κ3) is 3.84. The highest BCUT2D eigenvalue weighted by molar-refractivity contribution is 5.95. The van der Waals surface area contributed by atoms with Crippen LogP contribution in [-0.2, 0) is 13.0 Å². The second-order valence-corrected chi connectivity index (χ2v) is 6.50. The van der Waals surface area contributed by atoms with Gasteiger partial charge in [-0.3, -0.25) is 4.79 Å². The molecule has 1 aliphatic rings. The molecule has 1 amide bonds. The SMILES string of the molecule is CCc1noc(CNC(=O)c2c(C)cc(C3COc4ccccc4O3)oc2=O)n1. The van der Waals surface area contributed by atoms with Gasteiger partial charge in [0.2, 0.25) is 5.89 Å². The number of aryl methyl sites for hydroxylation is 2. The van der Waals surface area contributed by atoms with Crippen LogP contribution >= 0.6 is 0 Å². The van der Waals surface area contributed by atoms with Crippen molar-refractivity contribution in [3.63, 3.8) is 0 Å². The van der Waals surface area contributed by atoms with E-state index in [0.29, 0.717) is 35.1 Å². The summed E-state index contributed by atoms with van der Waals surface area (Å²) in [5.74, 6) is 1.72. The zero-order valence-corrected chi connectivity index (χ0v) is 15.9. The lowest BCUT2D eigenvalue weighted by Crippen LogP contribution is -2.30. The third-order valence-corrected chi connectivity index (χ3v) is 4.45. The summed E-state index contributed by atoms with van der Waals surface area (Å²) in [5.41, 5.74) is -0.364. The first-order chi connectivity index (χ1) is 14.0. The van der Waals surface area contributed by atoms with Gasteiger partial charge in [0.15, 0.2) is 29.2 Å². The van der Waals surface area contributed by atoms with Gasteiger partial charge >= 0.3 is 5.63 Å². The highest BCUT2D eigenvalue weighted by Gasteiger charge is 2.27. The standard InChI is InChI=1S/C20H19N3O6/c1-3-16-22-17(29-23-16)9-21-19(24)18-11(2)8-14(28-20(18)25)15-10-26-12-6-4-5-7-13(12)27-15/h4-8,15H,3,9-10H2,1-2H3,(H,21,24). The van der Waals surface area contributed by atoms with Gasteiger partial charge < -0.3 is 23.7 Å². The molecule has 3 heterocycles. The van der Waals surface area contributed by atoms with Crippen molar-refractivity contribution in [3.8, 4) is 11.5 Å². The summed E-state index contributed by atoms with van der Waals surface area (Å²) in [5, 5.41) is 6.35. The number of fused-ring (bicyclic) bond motifs is 1. The number of amides is 1. The van der Waals surface area contributed by atoms with E-state index < -0.39 is 17.6 Å². The van der Waals surface area contributed by atoms with Crippen LogP contribution in [0, 0.1) is 6.92 Å². The van der Waals surface area contributed by atoms with Gasteiger partial charge in [-0.05, 0) is 30.7 Å². The van der Waals surface area contributed by atoms with Crippen LogP contribution in [0.25, 0.3) is 0 Å². The molecule has 29 heavy (non-hydrogen) atoms. The first kappa shape index (κ1) is 18.7. The number of carbonyl (C=O) groups is 1. The molecular formula is C20H19N3O6. The summed E-state index contributed by atoms with van der Waals surface area (Å²) in [6.07, 6.45) is 0.0400. The van der Waals surface area contributed by atoms with Crippen molar-refractivity contribution in [1.29, 1.82) is 0 Å². The summed E-state index contributed by atoms with van der Waals surface area (Å²) < 4.78 is 21.9. The molecule has 0 saturated heterocycles. The first-order valence-corrected chi connectivity index (χ1v) is 9.18. The van der Waals surface area contributed by atoms with E-state index in [1.807, 2.05) is 19.1 Å². The number of hydrogen-bond donors (Lipinski definition) is 1. The fourth-order valence-electron chi connectivity index (χ4n) is 2.97. The Labute approximate surface area is 165 Å². The highest BCUT2D eigenvalue weighted by Crippen LogP contribution is 2.35. The van der Waals surface area contributed by atoms with Crippen LogP contribution in [0.4, 0.5) is 0 Å². The molecule has 0 radical (unpaired) electrons. The number of hydrogen-bond acceptors (Lipinski definition) is 8. The van der Waals surface area contributed by atoms with Crippen molar-refractivity contribution >= 4 is 5.91 Å². The molecule has 0 saturated carbocycles. The highest BCUT2D eigenvalue weighted by atomic mass is 16.6. The lowest BCUT2D eigenvalue weighted by molar-refractivity contribution is 0.0721. The van der Waals surface area contributed by atoms with E-state index in [1.165, 1.54) is 0 Å². The van der Waals surface area contributed by atoms with Gasteiger partial charge in [-0.25, -0.2) is 4.79 Å². The van der Waals surface area contributed by atoms with E-state index in [9.17, 15) is 9.59 Å². The number of benzene rings is 1. The molecule has 3 aromatic rings. The van der Waals surface area contributed by atoms with Crippen molar-refractivity contribution in [1.82, 2.24) is 15.5 Å². The van der Waals surface area contributed by atoms with Gasteiger partial charge in [0, 0.05) is 6.42 Å². The third-order valence-electron chi connectivity index (χ3n) is 4.45. The zero-order valence-electron chi connectivity index (χ0n) is 15.9. The van der Waals surface area contributed by atoms with Crippen molar-refractivity contribution in [2.24, 2.45) is 0 Å². The number of para-hydroxylation sites is 2. The summed E-state index contributed by atoms with van der Waals surface area (Å²) in [6, 6.07) is 8.85. The van der Waals surface area contributed by atoms with Crippen LogP contribution in [0.15, 0.2) is 44.1 Å². The van der Waals surface area contributed by atoms with Gasteiger partial charge in [0.05, 0.1) is 6.54 Å². The molecule has 150 valence electrons. The number of nitrogens with one attached hydrogen (secondary N) is 1. The molecule has 1 unspecified atom stereocenters. The molecule has 4 rings (SSSR count). The minimum absolute atomic E-state index is 0.0167. The minimum atomic E-state index is -0.750. The normalized spacial score (nSPS) is 15.2. The molecule has 9 nitrogen and oxygen atoms in total. The Bertz CT molecular complexity index is 1100. The van der Waals surface area contributed by atoms with Crippen LogP contribution in [0.2, 0.25) is 0 Å². The molecule has 1 N–H and O–H groups in total. The lowest BCUT2D eigenvalue weighted by atomic mass is 10.1. The van der Waals surface area contributed by atoms with Crippen molar-refractivity contribution in [2.75, 3.05) is 6.61 Å². The minimum Gasteiger partial charge on any atom is -0.485 e. The van der Waals surface area contributed by atoms with Gasteiger partial charge in [0.25, 0.3) is 5.91 Å². The van der Waals surface area contributed by atoms with Crippen LogP contribution < -0.4 is 20.4 Å². The van der Waals surface area contributed by atoms with Crippen molar-refractivity contribution in [3.05, 3.63) is 69.4 Å². The first-order valence-electron chi connectivity index (χ1n) is 9.18. The largest absolute Gasteiger partial charge is 0.485 e. The zero-order chi connectivity index (χ0) is 20.4. The predicted octanol–water partition coefficient (Wildman–Crippen LogP) is 2.34. The quantitative estimate of drug-likeness (QED) is 0.697. The Hall–Kier alpha value is -3.62. The summed E-state index contributed by atoms with van der Waals surface area (Å²) in [4.78, 5) is 29.1. The van der Waals surface area contributed by atoms with Crippen LogP contribution in [-0.4, -0.2) is 22.7 Å². The maximum absolute atomic E-state index is 12.5. The van der Waals surface area contributed by atoms with Gasteiger partial charge in [0.1, 0.15) is 12.2 Å². The van der Waals surface area contributed by atoms with Gasteiger partial charge in [-0.1, -0.05) is 24.2 Å². The number of aromatic nitrogens is 2. The molecule has 0 bridgehead atoms. The average Bonchev–Trinajstić information content (AvgIpc) is 3.19. The fourth-order valence-corrected chi connectivity index (χ4v) is 2.97. The fraction of sp³-hybridized carbons (Fsp3) is 0.300. The molecule has 0 spiro atoms. The second kappa shape index (κ2) is 7.78. The van der Waals surface area contributed by atoms with Gasteiger partial charge in [-0.15, -0.1) is 0 Å². The topological polar surface area (TPSA) is 117 Å². The Kier molecular flexibility index (Phi) is 5.03. The number of rotatable bonds is 5. The van der Waals surface area contributed by atoms with Crippen LogP contribution in [0.5, 0.6) is 11.5 Å². The van der Waals surface area contributed by atoms with Gasteiger partial charge in [-0.2, -0.15) is 4.98 Å². The van der Waals surface area contributed by atoms with Crippen molar-refractivity contribution < 1.29 is 23.2 Å². The second-order valence-electron chi connectivity index (χ2n) is 6.50. The average molecular weight is 397 g/mol. The van der Waals surface area contributed by atoms with E-state index >= 15 is 0 Å². The van der Waals surface area contributed by atoms with E-state index in [-0.39, 0.29) is 24.6 Å². The number of carbonyl (C=O) groups excluding carboxylic acids is 1. The summed E-state index contributed by atoms with van der Waals surface area (Å²) >= 11 is 0. The Morgan fingerprint density at radius 2 is 2.07 bits per heavy atom. The Balaban J connectivity index is 1.50. The molecule has 1 aliphatic heterocycles. The number of ether oxygens (including phenoxy) is 2. The summed E-state index contributed by atoms with van der Waals surface area (Å²) in [6.45, 7) is 3.77. The molecule has 1 aromatic carbocycles. The van der Waals surface area contributed by atoms with Crippen LogP contribution in [0.1, 0.15) is 46.4 Å². The maximum Gasteiger partial charge on any atom is 0.349 e. The molecular weight excluding hydrogens is 378 g/mol. The summed E-state index contributed by atoms with van der Waals surface area (Å²) in [7, 11) is 0. The molecule has 1 atom stereocenters. The molecule has 9 heteroatoms. The Morgan fingerprint density at radius 1 is 1.28 bits per heavy atom. The van der Waals surface area contributed by atoms with E-state index in [2.05, 4.69) is 15.5 Å². The van der Waals surface area contributed by atoms with E-state index in [1.54, 1.807) is 25.1 Å². The van der Waals surface area contributed by atoms with Crippen LogP contribution in [0.3, 0.4) is 0 Å². The Morgan fingerprint density at radius 3 is 2.79 bits per heavy atom. The monoisotopic (exact) mass is 397 g/mol. The van der Waals surface area contributed by atoms with Crippen molar-refractivity contribution in [2.45, 2.75) is 32.9 Å². The number of nitrogens with zero attached hydrogens (tertiary/aromatic N) is 2. The van der Waals surface area contributed by atoms with E-state index in [4.69, 9.17) is 18.4 Å². The molecule has 0 fully saturated rings. The molecule has 0 aliphatic carbocycles.